The van der Waals surface area contributed by atoms with Crippen LogP contribution in [0.2, 0.25) is 0 Å². The second-order valence-electron chi connectivity index (χ2n) is 7.73. The molecule has 1 aliphatic rings. The highest BCUT2D eigenvalue weighted by Crippen LogP contribution is 2.19. The fraction of sp³-hybridized carbons (Fsp3) is 0.381. The second-order valence-corrected chi connectivity index (χ2v) is 7.73. The average Bonchev–Trinajstić information content (AvgIpc) is 3.43. The Bertz CT molecular complexity index is 804. The van der Waals surface area contributed by atoms with Gasteiger partial charge in [0.2, 0.25) is 0 Å². The van der Waals surface area contributed by atoms with Gasteiger partial charge in [0, 0.05) is 18.8 Å². The topological polar surface area (TPSA) is 80.3 Å². The first-order valence-corrected chi connectivity index (χ1v) is 9.13. The monoisotopic (exact) mass is 367 g/mol. The van der Waals surface area contributed by atoms with Gasteiger partial charge < -0.3 is 15.4 Å². The van der Waals surface area contributed by atoms with Gasteiger partial charge in [0.25, 0.3) is 5.91 Å². The summed E-state index contributed by atoms with van der Waals surface area (Å²) in [6.07, 6.45) is 3.70. The van der Waals surface area contributed by atoms with Crippen molar-refractivity contribution in [1.29, 1.82) is 0 Å². The summed E-state index contributed by atoms with van der Waals surface area (Å²) >= 11 is 0. The molecule has 1 saturated carbocycles. The summed E-state index contributed by atoms with van der Waals surface area (Å²) in [7, 11) is 0. The molecule has 0 unspecified atom stereocenters. The summed E-state index contributed by atoms with van der Waals surface area (Å²) in [6.45, 7) is 6.10. The molecule has 0 atom stereocenters. The molecule has 1 aromatic heterocycles. The van der Waals surface area contributed by atoms with E-state index in [1.54, 1.807) is 30.5 Å². The lowest BCUT2D eigenvalue weighted by atomic mass is 10.1. The SMILES string of the molecule is CC(C)(C)OC(=O)c1ccc(CNc2ccc(C(=O)NC3CC3)cn2)cc1. The van der Waals surface area contributed by atoms with Crippen LogP contribution in [0.1, 0.15) is 59.9 Å². The van der Waals surface area contributed by atoms with Gasteiger partial charge in [-0.05, 0) is 63.4 Å². The van der Waals surface area contributed by atoms with Crippen LogP contribution in [-0.4, -0.2) is 28.5 Å². The van der Waals surface area contributed by atoms with Gasteiger partial charge >= 0.3 is 5.97 Å². The van der Waals surface area contributed by atoms with Crippen LogP contribution in [0.4, 0.5) is 5.82 Å². The molecule has 1 amide bonds. The number of nitrogens with one attached hydrogen (secondary N) is 2. The number of anilines is 1. The van der Waals surface area contributed by atoms with Crippen molar-refractivity contribution in [2.45, 2.75) is 51.8 Å². The Morgan fingerprint density at radius 1 is 1.07 bits per heavy atom. The molecule has 2 aromatic rings. The molecule has 27 heavy (non-hydrogen) atoms. The molecule has 6 nitrogen and oxygen atoms in total. The number of hydrogen-bond acceptors (Lipinski definition) is 5. The number of amides is 1. The third-order valence-electron chi connectivity index (χ3n) is 4.00. The maximum absolute atomic E-state index is 12.0. The zero-order chi connectivity index (χ0) is 19.4. The molecule has 0 saturated heterocycles. The molecular weight excluding hydrogens is 342 g/mol. The molecule has 0 spiro atoms. The summed E-state index contributed by atoms with van der Waals surface area (Å²) in [5, 5.41) is 6.15. The number of aromatic nitrogens is 1. The largest absolute Gasteiger partial charge is 0.456 e. The fourth-order valence-corrected chi connectivity index (χ4v) is 2.42. The van der Waals surface area contributed by atoms with E-state index >= 15 is 0 Å². The number of carbonyl (C=O) groups excluding carboxylic acids is 2. The molecule has 1 fully saturated rings. The van der Waals surface area contributed by atoms with E-state index in [0.29, 0.717) is 29.5 Å². The van der Waals surface area contributed by atoms with E-state index in [4.69, 9.17) is 4.74 Å². The standard InChI is InChI=1S/C21H25N3O3/c1-21(2,3)27-20(26)15-6-4-14(5-7-15)12-22-18-11-8-16(13-23-18)19(25)24-17-9-10-17/h4-8,11,13,17H,9-10,12H2,1-3H3,(H,22,23)(H,24,25). The summed E-state index contributed by atoms with van der Waals surface area (Å²) in [6, 6.07) is 11.1. The van der Waals surface area contributed by atoms with Gasteiger partial charge in [-0.2, -0.15) is 0 Å². The number of benzene rings is 1. The number of pyridine rings is 1. The second kappa shape index (κ2) is 7.78. The van der Waals surface area contributed by atoms with Gasteiger partial charge in [0.1, 0.15) is 11.4 Å². The number of hydrogen-bond donors (Lipinski definition) is 2. The van der Waals surface area contributed by atoms with E-state index < -0.39 is 5.60 Å². The van der Waals surface area contributed by atoms with Crippen molar-refractivity contribution in [3.8, 4) is 0 Å². The van der Waals surface area contributed by atoms with Crippen molar-refractivity contribution in [2.24, 2.45) is 0 Å². The Morgan fingerprint density at radius 2 is 1.74 bits per heavy atom. The number of nitrogens with zero attached hydrogens (tertiary/aromatic N) is 1. The van der Waals surface area contributed by atoms with Crippen molar-refractivity contribution in [3.63, 3.8) is 0 Å². The smallest absolute Gasteiger partial charge is 0.338 e. The van der Waals surface area contributed by atoms with Crippen LogP contribution < -0.4 is 10.6 Å². The normalized spacial score (nSPS) is 13.7. The first-order valence-electron chi connectivity index (χ1n) is 9.13. The van der Waals surface area contributed by atoms with E-state index in [9.17, 15) is 9.59 Å². The molecule has 1 heterocycles. The third-order valence-corrected chi connectivity index (χ3v) is 4.00. The van der Waals surface area contributed by atoms with Gasteiger partial charge in [-0.25, -0.2) is 9.78 Å². The Balaban J connectivity index is 1.52. The first-order chi connectivity index (χ1) is 12.8. The summed E-state index contributed by atoms with van der Waals surface area (Å²) in [5.74, 6) is 0.284. The Hall–Kier alpha value is -2.89. The number of rotatable bonds is 6. The van der Waals surface area contributed by atoms with Gasteiger partial charge in [-0.15, -0.1) is 0 Å². The molecule has 1 aliphatic carbocycles. The first kappa shape index (κ1) is 18.9. The van der Waals surface area contributed by atoms with E-state index in [2.05, 4.69) is 15.6 Å². The molecule has 3 rings (SSSR count). The molecule has 1 aromatic carbocycles. The van der Waals surface area contributed by atoms with Crippen molar-refractivity contribution < 1.29 is 14.3 Å². The maximum Gasteiger partial charge on any atom is 0.338 e. The Labute approximate surface area is 159 Å². The molecule has 0 radical (unpaired) electrons. The lowest BCUT2D eigenvalue weighted by molar-refractivity contribution is 0.00694. The van der Waals surface area contributed by atoms with E-state index in [0.717, 1.165) is 18.4 Å². The van der Waals surface area contributed by atoms with Crippen LogP contribution in [0, 0.1) is 0 Å². The molecular formula is C21H25N3O3. The van der Waals surface area contributed by atoms with E-state index in [1.807, 2.05) is 32.9 Å². The average molecular weight is 367 g/mol. The fourth-order valence-electron chi connectivity index (χ4n) is 2.42. The van der Waals surface area contributed by atoms with Crippen LogP contribution in [-0.2, 0) is 11.3 Å². The van der Waals surface area contributed by atoms with Crippen LogP contribution in [0.25, 0.3) is 0 Å². The van der Waals surface area contributed by atoms with E-state index in [1.165, 1.54) is 0 Å². The molecule has 0 aliphatic heterocycles. The molecule has 6 heteroatoms. The lowest BCUT2D eigenvalue weighted by Gasteiger charge is -2.19. The highest BCUT2D eigenvalue weighted by Gasteiger charge is 2.23. The van der Waals surface area contributed by atoms with Crippen LogP contribution >= 0.6 is 0 Å². The zero-order valence-electron chi connectivity index (χ0n) is 15.9. The quantitative estimate of drug-likeness (QED) is 0.764. The Kier molecular flexibility index (Phi) is 5.44. The highest BCUT2D eigenvalue weighted by molar-refractivity contribution is 5.94. The van der Waals surface area contributed by atoms with Gasteiger partial charge in [0.05, 0.1) is 11.1 Å². The number of carbonyl (C=O) groups is 2. The number of esters is 1. The third kappa shape index (κ3) is 5.81. The maximum atomic E-state index is 12.0. The van der Waals surface area contributed by atoms with Crippen LogP contribution in [0.15, 0.2) is 42.6 Å². The molecule has 0 bridgehead atoms. The van der Waals surface area contributed by atoms with Crippen molar-refractivity contribution >= 4 is 17.7 Å². The minimum absolute atomic E-state index is 0.0747. The van der Waals surface area contributed by atoms with Gasteiger partial charge in [0.15, 0.2) is 0 Å². The summed E-state index contributed by atoms with van der Waals surface area (Å²) in [4.78, 5) is 28.3. The predicted molar refractivity (Wildman–Crippen MR) is 104 cm³/mol. The predicted octanol–water partition coefficient (Wildman–Crippen LogP) is 3.54. The minimum Gasteiger partial charge on any atom is -0.456 e. The van der Waals surface area contributed by atoms with Crippen molar-refractivity contribution in [2.75, 3.05) is 5.32 Å². The van der Waals surface area contributed by atoms with Crippen LogP contribution in [0.5, 0.6) is 0 Å². The minimum atomic E-state index is -0.509. The van der Waals surface area contributed by atoms with Gasteiger partial charge in [-0.1, -0.05) is 12.1 Å². The molecule has 142 valence electrons. The summed E-state index contributed by atoms with van der Waals surface area (Å²) in [5.41, 5.74) is 1.59. The summed E-state index contributed by atoms with van der Waals surface area (Å²) < 4.78 is 5.35. The lowest BCUT2D eigenvalue weighted by Crippen LogP contribution is -2.25. The van der Waals surface area contributed by atoms with Crippen LogP contribution in [0.3, 0.4) is 0 Å². The Morgan fingerprint density at radius 3 is 2.30 bits per heavy atom. The van der Waals surface area contributed by atoms with Crippen molar-refractivity contribution in [3.05, 3.63) is 59.3 Å². The zero-order valence-corrected chi connectivity index (χ0v) is 15.9. The van der Waals surface area contributed by atoms with Gasteiger partial charge in [-0.3, -0.25) is 4.79 Å². The van der Waals surface area contributed by atoms with E-state index in [-0.39, 0.29) is 11.9 Å². The molecule has 2 N–H and O–H groups in total. The number of ether oxygens (including phenoxy) is 1. The highest BCUT2D eigenvalue weighted by atomic mass is 16.6. The van der Waals surface area contributed by atoms with Crippen molar-refractivity contribution in [1.82, 2.24) is 10.3 Å².